The molecule has 0 fully saturated rings. The monoisotopic (exact) mass is 124 g/mol. The molecule has 0 N–H and O–H groups in total. The van der Waals surface area contributed by atoms with Crippen LogP contribution >= 0.6 is 20.1 Å². The molecule has 0 aromatic heterocycles. The molecule has 0 saturated heterocycles. The molecule has 0 heterocycles. The van der Waals surface area contributed by atoms with Crippen LogP contribution in [0.15, 0.2) is 0 Å². The average molecular weight is 125 g/mol. The second kappa shape index (κ2) is 1.90. The Bertz CT molecular complexity index is 56.3. The van der Waals surface area contributed by atoms with E-state index >= 15 is 0 Å². The van der Waals surface area contributed by atoms with E-state index in [1.807, 2.05) is 0 Å². The molecule has 0 aliphatic heterocycles. The van der Waals surface area contributed by atoms with Crippen molar-refractivity contribution in [3.8, 4) is 0 Å². The van der Waals surface area contributed by atoms with E-state index in [1.54, 1.807) is 13.8 Å². The summed E-state index contributed by atoms with van der Waals surface area (Å²) in [7, 11) is -0.0100. The van der Waals surface area contributed by atoms with Crippen molar-refractivity contribution in [3.63, 3.8) is 0 Å². The molecule has 0 bridgehead atoms. The number of hydrogen-bond donors (Lipinski definition) is 0. The smallest absolute Gasteiger partial charge is 0.177 e. The van der Waals surface area contributed by atoms with Gasteiger partial charge in [-0.25, -0.2) is 0 Å². The second-order valence-electron chi connectivity index (χ2n) is 1.50. The molecule has 3 heteroatoms. The van der Waals surface area contributed by atoms with E-state index in [-0.39, 0.29) is 8.46 Å². The van der Waals surface area contributed by atoms with Gasteiger partial charge in [-0.2, -0.15) is 0 Å². The Labute approximate surface area is 43.9 Å². The highest BCUT2D eigenvalue weighted by atomic mass is 35.5. The summed E-state index contributed by atoms with van der Waals surface area (Å²) in [6.45, 7) is 3.37. The van der Waals surface area contributed by atoms with E-state index < -0.39 is 4.62 Å². The van der Waals surface area contributed by atoms with Gasteiger partial charge in [0.15, 0.2) is 8.46 Å². The highest BCUT2D eigenvalue weighted by Gasteiger charge is 2.10. The van der Waals surface area contributed by atoms with Crippen molar-refractivity contribution in [1.82, 2.24) is 0 Å². The van der Waals surface area contributed by atoms with Gasteiger partial charge in [-0.3, -0.25) is 4.57 Å². The fourth-order valence-electron chi connectivity index (χ4n) is 0. The van der Waals surface area contributed by atoms with Crippen LogP contribution in [-0.4, -0.2) is 4.62 Å². The van der Waals surface area contributed by atoms with Gasteiger partial charge in [-0.1, -0.05) is 0 Å². The van der Waals surface area contributed by atoms with E-state index in [9.17, 15) is 4.57 Å². The minimum absolute atomic E-state index is 0.0100. The van der Waals surface area contributed by atoms with E-state index in [4.69, 9.17) is 11.6 Å². The van der Waals surface area contributed by atoms with Crippen molar-refractivity contribution in [1.29, 1.82) is 0 Å². The van der Waals surface area contributed by atoms with Gasteiger partial charge in [0.05, 0.1) is 0 Å². The molecule has 0 spiro atoms. The van der Waals surface area contributed by atoms with E-state index in [1.165, 1.54) is 0 Å². The van der Waals surface area contributed by atoms with Crippen LogP contribution in [0.3, 0.4) is 0 Å². The predicted molar refractivity (Wildman–Crippen MR) is 27.5 cm³/mol. The van der Waals surface area contributed by atoms with Crippen LogP contribution in [0.4, 0.5) is 0 Å². The van der Waals surface area contributed by atoms with Crippen LogP contribution < -0.4 is 0 Å². The summed E-state index contributed by atoms with van der Waals surface area (Å²) in [4.78, 5) is 0. The zero-order valence-corrected chi connectivity index (χ0v) is 5.38. The molecule has 0 saturated carbocycles. The highest BCUT2D eigenvalue weighted by Crippen LogP contribution is 2.25. The van der Waals surface area contributed by atoms with Crippen LogP contribution in [0.1, 0.15) is 13.8 Å². The maximum atomic E-state index is 9.79. The third kappa shape index (κ3) is 4.39. The van der Waals surface area contributed by atoms with Gasteiger partial charge >= 0.3 is 0 Å². The van der Waals surface area contributed by atoms with Crippen molar-refractivity contribution in [2.45, 2.75) is 18.5 Å². The van der Waals surface area contributed by atoms with Gasteiger partial charge in [-0.05, 0) is 13.8 Å². The van der Waals surface area contributed by atoms with Crippen molar-refractivity contribution in [2.24, 2.45) is 0 Å². The lowest BCUT2D eigenvalue weighted by atomic mass is 10.6. The molecule has 0 amide bonds. The van der Waals surface area contributed by atoms with E-state index in [0.717, 1.165) is 0 Å². The lowest BCUT2D eigenvalue weighted by Gasteiger charge is -1.98. The Kier molecular flexibility index (Phi) is 2.03. The fourth-order valence-corrected chi connectivity index (χ4v) is 0. The Morgan fingerprint density at radius 2 is 1.83 bits per heavy atom. The Balaban J connectivity index is 3.45. The molecule has 36 valence electrons. The largest absolute Gasteiger partial charge is 0.273 e. The van der Waals surface area contributed by atoms with Crippen LogP contribution in [0.25, 0.3) is 0 Å². The highest BCUT2D eigenvalue weighted by molar-refractivity contribution is 7.29. The number of alkyl halides is 1. The van der Waals surface area contributed by atoms with Gasteiger partial charge < -0.3 is 0 Å². The first-order chi connectivity index (χ1) is 2.56. The van der Waals surface area contributed by atoms with Crippen molar-refractivity contribution in [2.75, 3.05) is 0 Å². The minimum atomic E-state index is -0.569. The molecule has 0 atom stereocenters. The Morgan fingerprint density at radius 1 is 1.67 bits per heavy atom. The maximum Gasteiger partial charge on any atom is 0.177 e. The first-order valence-electron chi connectivity index (χ1n) is 1.60. The summed E-state index contributed by atoms with van der Waals surface area (Å²) in [6, 6.07) is 0. The van der Waals surface area contributed by atoms with Crippen molar-refractivity contribution < 1.29 is 4.57 Å². The summed E-state index contributed by atoms with van der Waals surface area (Å²) < 4.78 is 9.22. The summed E-state index contributed by atoms with van der Waals surface area (Å²) in [5.74, 6) is 0. The minimum Gasteiger partial charge on any atom is -0.273 e. The summed E-state index contributed by atoms with van der Waals surface area (Å²) in [6.07, 6.45) is 0. The van der Waals surface area contributed by atoms with Gasteiger partial charge in [0.2, 0.25) is 0 Å². The third-order valence-corrected chi connectivity index (χ3v) is 0.858. The standard InChI is InChI=1S/C3H6ClOP/c1-3(2,4)6-5/h1-2H3. The molecule has 0 rings (SSSR count). The molecule has 0 radical (unpaired) electrons. The molecule has 6 heavy (non-hydrogen) atoms. The van der Waals surface area contributed by atoms with Gasteiger partial charge in [0.1, 0.15) is 4.62 Å². The van der Waals surface area contributed by atoms with Crippen molar-refractivity contribution >= 4 is 20.1 Å². The molecule has 0 aliphatic rings. The van der Waals surface area contributed by atoms with E-state index in [0.29, 0.717) is 0 Å². The molecule has 0 aromatic carbocycles. The lowest BCUT2D eigenvalue weighted by Crippen LogP contribution is -1.94. The molecular weight excluding hydrogens is 118 g/mol. The zero-order valence-electron chi connectivity index (χ0n) is 3.73. The summed E-state index contributed by atoms with van der Waals surface area (Å²) in [5, 5.41) is 0. The first kappa shape index (κ1) is 6.39. The molecular formula is C3H6ClOP. The Hall–Kier alpha value is 0.390. The van der Waals surface area contributed by atoms with Gasteiger partial charge in [0, 0.05) is 0 Å². The number of rotatable bonds is 1. The first-order valence-corrected chi connectivity index (χ1v) is 2.79. The van der Waals surface area contributed by atoms with Crippen LogP contribution in [0, 0.1) is 0 Å². The quantitative estimate of drug-likeness (QED) is 0.387. The summed E-state index contributed by atoms with van der Waals surface area (Å²) >= 11 is 5.39. The topological polar surface area (TPSA) is 17.1 Å². The normalized spacial score (nSPS) is 12.5. The van der Waals surface area contributed by atoms with Crippen molar-refractivity contribution in [3.05, 3.63) is 0 Å². The second-order valence-corrected chi connectivity index (χ2v) is 4.01. The van der Waals surface area contributed by atoms with Crippen LogP contribution in [0.2, 0.25) is 0 Å². The number of hydrogen-bond acceptors (Lipinski definition) is 1. The van der Waals surface area contributed by atoms with Crippen LogP contribution in [0.5, 0.6) is 0 Å². The molecule has 0 aliphatic carbocycles. The zero-order chi connectivity index (χ0) is 5.21. The third-order valence-electron chi connectivity index (χ3n) is 0.217. The Morgan fingerprint density at radius 3 is 1.83 bits per heavy atom. The van der Waals surface area contributed by atoms with Crippen LogP contribution in [-0.2, 0) is 4.57 Å². The molecule has 0 aromatic rings. The summed E-state index contributed by atoms with van der Waals surface area (Å²) in [5.41, 5.74) is 0. The lowest BCUT2D eigenvalue weighted by molar-refractivity contribution is 0.591. The molecule has 1 nitrogen and oxygen atoms in total. The molecule has 0 unspecified atom stereocenters. The van der Waals surface area contributed by atoms with Gasteiger partial charge in [-0.15, -0.1) is 11.6 Å². The fraction of sp³-hybridized carbons (Fsp3) is 1.00. The number of halogens is 1. The predicted octanol–water partition coefficient (Wildman–Crippen LogP) is 2.25. The van der Waals surface area contributed by atoms with Gasteiger partial charge in [0.25, 0.3) is 0 Å². The average Bonchev–Trinajstić information content (AvgIpc) is 1.35. The SMILES string of the molecule is CC(C)(Cl)P=O. The van der Waals surface area contributed by atoms with E-state index in [2.05, 4.69) is 0 Å². The maximum absolute atomic E-state index is 9.79.